The third-order valence-corrected chi connectivity index (χ3v) is 4.26. The molecule has 0 bridgehead atoms. The van der Waals surface area contributed by atoms with E-state index in [4.69, 9.17) is 5.73 Å². The van der Waals surface area contributed by atoms with Gasteiger partial charge in [-0.1, -0.05) is 19.8 Å². The number of amides is 1. The van der Waals surface area contributed by atoms with Crippen LogP contribution in [0.2, 0.25) is 0 Å². The summed E-state index contributed by atoms with van der Waals surface area (Å²) in [7, 11) is 3.71. The summed E-state index contributed by atoms with van der Waals surface area (Å²) in [5, 5.41) is 4.07. The SMILES string of the molecule is CC1CCCCC1N(C)C(=O)C(N)c1cnn(C)c1. The van der Waals surface area contributed by atoms with Crippen LogP contribution in [0.3, 0.4) is 0 Å². The molecule has 0 spiro atoms. The van der Waals surface area contributed by atoms with Crippen molar-refractivity contribution in [3.8, 4) is 0 Å². The highest BCUT2D eigenvalue weighted by molar-refractivity contribution is 5.83. The van der Waals surface area contributed by atoms with Crippen molar-refractivity contribution in [2.45, 2.75) is 44.7 Å². The Kier molecular flexibility index (Phi) is 4.24. The fraction of sp³-hybridized carbons (Fsp3) is 0.714. The topological polar surface area (TPSA) is 64.2 Å². The van der Waals surface area contributed by atoms with Gasteiger partial charge >= 0.3 is 0 Å². The van der Waals surface area contributed by atoms with Crippen LogP contribution in [0.1, 0.15) is 44.2 Å². The van der Waals surface area contributed by atoms with Crippen molar-refractivity contribution in [1.82, 2.24) is 14.7 Å². The number of nitrogens with zero attached hydrogens (tertiary/aromatic N) is 3. The molecule has 0 radical (unpaired) electrons. The molecule has 1 heterocycles. The number of hydrogen-bond acceptors (Lipinski definition) is 3. The van der Waals surface area contributed by atoms with Gasteiger partial charge in [-0.3, -0.25) is 9.48 Å². The lowest BCUT2D eigenvalue weighted by Crippen LogP contribution is -2.46. The van der Waals surface area contributed by atoms with Gasteiger partial charge in [0.25, 0.3) is 0 Å². The highest BCUT2D eigenvalue weighted by atomic mass is 16.2. The monoisotopic (exact) mass is 264 g/mol. The van der Waals surface area contributed by atoms with Crippen molar-refractivity contribution in [2.75, 3.05) is 7.05 Å². The fourth-order valence-electron chi connectivity index (χ4n) is 3.00. The molecule has 0 aliphatic heterocycles. The van der Waals surface area contributed by atoms with E-state index in [1.54, 1.807) is 17.1 Å². The first-order chi connectivity index (χ1) is 9.00. The van der Waals surface area contributed by atoms with Crippen molar-refractivity contribution in [3.05, 3.63) is 18.0 Å². The minimum absolute atomic E-state index is 0.00764. The third-order valence-electron chi connectivity index (χ3n) is 4.26. The summed E-state index contributed by atoms with van der Waals surface area (Å²) < 4.78 is 1.67. The van der Waals surface area contributed by atoms with Crippen LogP contribution in [-0.2, 0) is 11.8 Å². The molecule has 1 saturated carbocycles. The summed E-state index contributed by atoms with van der Waals surface area (Å²) in [5.41, 5.74) is 6.84. The van der Waals surface area contributed by atoms with E-state index in [9.17, 15) is 4.79 Å². The Morgan fingerprint density at radius 2 is 2.21 bits per heavy atom. The number of carbonyl (C=O) groups is 1. The van der Waals surface area contributed by atoms with E-state index in [1.807, 2.05) is 19.0 Å². The molecular weight excluding hydrogens is 240 g/mol. The van der Waals surface area contributed by atoms with Crippen molar-refractivity contribution >= 4 is 5.91 Å². The first-order valence-electron chi connectivity index (χ1n) is 7.01. The van der Waals surface area contributed by atoms with E-state index in [0.717, 1.165) is 12.0 Å². The predicted octanol–water partition coefficient (Wildman–Crippen LogP) is 1.46. The molecule has 1 fully saturated rings. The molecule has 5 heteroatoms. The van der Waals surface area contributed by atoms with Gasteiger partial charge in [-0.05, 0) is 18.8 Å². The largest absolute Gasteiger partial charge is 0.341 e. The second-order valence-corrected chi connectivity index (χ2v) is 5.70. The number of aromatic nitrogens is 2. The normalized spacial score (nSPS) is 25.1. The molecule has 2 rings (SSSR count). The van der Waals surface area contributed by atoms with E-state index >= 15 is 0 Å². The molecule has 5 nitrogen and oxygen atoms in total. The van der Waals surface area contributed by atoms with Gasteiger partial charge in [0.15, 0.2) is 0 Å². The Morgan fingerprint density at radius 3 is 2.79 bits per heavy atom. The average Bonchev–Trinajstić information content (AvgIpc) is 2.83. The Balaban J connectivity index is 2.05. The maximum Gasteiger partial charge on any atom is 0.244 e. The summed E-state index contributed by atoms with van der Waals surface area (Å²) in [5.74, 6) is 0.551. The Labute approximate surface area is 114 Å². The maximum atomic E-state index is 12.5. The van der Waals surface area contributed by atoms with Crippen LogP contribution in [0.15, 0.2) is 12.4 Å². The van der Waals surface area contributed by atoms with Gasteiger partial charge in [0.05, 0.1) is 6.20 Å². The molecule has 0 aromatic carbocycles. The predicted molar refractivity (Wildman–Crippen MR) is 74.3 cm³/mol. The van der Waals surface area contributed by atoms with Gasteiger partial charge in [-0.25, -0.2) is 0 Å². The van der Waals surface area contributed by atoms with Crippen LogP contribution in [0, 0.1) is 5.92 Å². The van der Waals surface area contributed by atoms with Crippen LogP contribution in [0.5, 0.6) is 0 Å². The summed E-state index contributed by atoms with van der Waals surface area (Å²) >= 11 is 0. The van der Waals surface area contributed by atoms with E-state index in [0.29, 0.717) is 12.0 Å². The van der Waals surface area contributed by atoms with Crippen LogP contribution >= 0.6 is 0 Å². The fourth-order valence-corrected chi connectivity index (χ4v) is 3.00. The number of aryl methyl sites for hydroxylation is 1. The van der Waals surface area contributed by atoms with Gasteiger partial charge < -0.3 is 10.6 Å². The molecule has 0 saturated heterocycles. The van der Waals surface area contributed by atoms with Crippen LogP contribution in [0.25, 0.3) is 0 Å². The standard InChI is InChI=1S/C14H24N4O/c1-10-6-4-5-7-12(10)18(3)14(19)13(15)11-8-16-17(2)9-11/h8-10,12-13H,4-7,15H2,1-3H3. The van der Waals surface area contributed by atoms with Gasteiger partial charge in [0.1, 0.15) is 6.04 Å². The maximum absolute atomic E-state index is 12.5. The molecule has 1 aliphatic rings. The number of likely N-dealkylation sites (N-methyl/N-ethyl adjacent to an activating group) is 1. The van der Waals surface area contributed by atoms with Gasteiger partial charge in [-0.15, -0.1) is 0 Å². The molecule has 3 atom stereocenters. The number of hydrogen-bond donors (Lipinski definition) is 1. The van der Waals surface area contributed by atoms with Crippen LogP contribution < -0.4 is 5.73 Å². The second-order valence-electron chi connectivity index (χ2n) is 5.70. The first kappa shape index (κ1) is 14.1. The summed E-state index contributed by atoms with van der Waals surface area (Å²) in [6.07, 6.45) is 8.23. The number of rotatable bonds is 3. The molecule has 19 heavy (non-hydrogen) atoms. The van der Waals surface area contributed by atoms with Crippen LogP contribution in [0.4, 0.5) is 0 Å². The van der Waals surface area contributed by atoms with Gasteiger partial charge in [-0.2, -0.15) is 5.10 Å². The summed E-state index contributed by atoms with van der Waals surface area (Å²) in [6, 6.07) is -0.281. The van der Waals surface area contributed by atoms with E-state index in [1.165, 1.54) is 19.3 Å². The Hall–Kier alpha value is -1.36. The lowest BCUT2D eigenvalue weighted by Gasteiger charge is -2.37. The zero-order chi connectivity index (χ0) is 14.0. The van der Waals surface area contributed by atoms with Crippen LogP contribution in [-0.4, -0.2) is 33.7 Å². The lowest BCUT2D eigenvalue weighted by atomic mass is 9.85. The van der Waals surface area contributed by atoms with E-state index < -0.39 is 6.04 Å². The second kappa shape index (κ2) is 5.74. The van der Waals surface area contributed by atoms with Gasteiger partial charge in [0, 0.05) is 31.9 Å². The van der Waals surface area contributed by atoms with E-state index in [2.05, 4.69) is 12.0 Å². The number of carbonyl (C=O) groups excluding carboxylic acids is 1. The molecule has 1 aromatic rings. The molecule has 1 aliphatic carbocycles. The summed E-state index contributed by atoms with van der Waals surface area (Å²) in [6.45, 7) is 2.23. The Morgan fingerprint density at radius 1 is 1.53 bits per heavy atom. The quantitative estimate of drug-likeness (QED) is 0.899. The molecule has 1 amide bonds. The van der Waals surface area contributed by atoms with Crippen molar-refractivity contribution < 1.29 is 4.79 Å². The zero-order valence-electron chi connectivity index (χ0n) is 12.0. The minimum atomic E-state index is -0.604. The first-order valence-corrected chi connectivity index (χ1v) is 7.01. The smallest absolute Gasteiger partial charge is 0.244 e. The van der Waals surface area contributed by atoms with Crippen molar-refractivity contribution in [2.24, 2.45) is 18.7 Å². The number of nitrogens with two attached hydrogens (primary N) is 1. The molecule has 2 N–H and O–H groups in total. The molecule has 3 unspecified atom stereocenters. The minimum Gasteiger partial charge on any atom is -0.341 e. The highest BCUT2D eigenvalue weighted by Crippen LogP contribution is 2.28. The van der Waals surface area contributed by atoms with Crippen molar-refractivity contribution in [1.29, 1.82) is 0 Å². The lowest BCUT2D eigenvalue weighted by molar-refractivity contribution is -0.135. The third kappa shape index (κ3) is 2.97. The van der Waals surface area contributed by atoms with Gasteiger partial charge in [0.2, 0.25) is 5.91 Å². The molecule has 1 aromatic heterocycles. The molecular formula is C14H24N4O. The zero-order valence-corrected chi connectivity index (χ0v) is 12.0. The van der Waals surface area contributed by atoms with Crippen molar-refractivity contribution in [3.63, 3.8) is 0 Å². The van der Waals surface area contributed by atoms with E-state index in [-0.39, 0.29) is 5.91 Å². The Bertz CT molecular complexity index is 442. The molecule has 106 valence electrons. The highest BCUT2D eigenvalue weighted by Gasteiger charge is 2.31. The summed E-state index contributed by atoms with van der Waals surface area (Å²) in [4.78, 5) is 14.3. The average molecular weight is 264 g/mol.